The van der Waals surface area contributed by atoms with Crippen molar-refractivity contribution in [3.8, 4) is 11.4 Å². The average molecular weight is 389 g/mol. The summed E-state index contributed by atoms with van der Waals surface area (Å²) in [6.45, 7) is 0.626. The van der Waals surface area contributed by atoms with Gasteiger partial charge >= 0.3 is 0 Å². The molecule has 3 aromatic rings. The summed E-state index contributed by atoms with van der Waals surface area (Å²) in [5.74, 6) is 0.795. The number of benzene rings is 1. The zero-order valence-electron chi connectivity index (χ0n) is 15.7. The number of H-pyrrole nitrogens is 1. The molecule has 2 aliphatic rings. The molecule has 0 radical (unpaired) electrons. The van der Waals surface area contributed by atoms with Crippen molar-refractivity contribution in [2.24, 2.45) is 0 Å². The fourth-order valence-electron chi connectivity index (χ4n) is 4.10. The van der Waals surface area contributed by atoms with Gasteiger partial charge in [-0.15, -0.1) is 0 Å². The Balaban J connectivity index is 1.48. The maximum Gasteiger partial charge on any atom is 0.258 e. The van der Waals surface area contributed by atoms with Crippen LogP contribution in [-0.4, -0.2) is 33.1 Å². The molecule has 7 nitrogen and oxygen atoms in total. The molecule has 29 heavy (non-hydrogen) atoms. The summed E-state index contributed by atoms with van der Waals surface area (Å²) in [5.41, 5.74) is 2.59. The van der Waals surface area contributed by atoms with E-state index < -0.39 is 0 Å². The molecule has 0 bridgehead atoms. The number of carbonyl (C=O) groups excluding carboxylic acids is 2. The van der Waals surface area contributed by atoms with Crippen molar-refractivity contribution in [1.29, 1.82) is 0 Å². The zero-order chi connectivity index (χ0) is 20.0. The molecule has 3 heterocycles. The average Bonchev–Trinajstić information content (AvgIpc) is 3.19. The molecule has 146 valence electrons. The Bertz CT molecular complexity index is 1180. The van der Waals surface area contributed by atoms with Gasteiger partial charge < -0.3 is 14.3 Å². The van der Waals surface area contributed by atoms with Crippen LogP contribution >= 0.6 is 0 Å². The lowest BCUT2D eigenvalue weighted by atomic mass is 9.93. The van der Waals surface area contributed by atoms with Gasteiger partial charge in [0.1, 0.15) is 17.8 Å². The van der Waals surface area contributed by atoms with E-state index in [1.807, 2.05) is 30.3 Å². The summed E-state index contributed by atoms with van der Waals surface area (Å²) < 4.78 is 5.50. The number of ketones is 1. The molecule has 0 saturated heterocycles. The van der Waals surface area contributed by atoms with Gasteiger partial charge in [-0.3, -0.25) is 14.4 Å². The van der Waals surface area contributed by atoms with Gasteiger partial charge in [0.05, 0.1) is 23.4 Å². The molecule has 0 saturated carbocycles. The quantitative estimate of drug-likeness (QED) is 0.727. The Morgan fingerprint density at radius 3 is 2.76 bits per heavy atom. The molecule has 0 spiro atoms. The summed E-state index contributed by atoms with van der Waals surface area (Å²) in [4.78, 5) is 47.1. The number of carbonyl (C=O) groups is 2. The van der Waals surface area contributed by atoms with E-state index in [2.05, 4.69) is 9.97 Å². The van der Waals surface area contributed by atoms with E-state index in [9.17, 15) is 14.4 Å². The number of rotatable bonds is 2. The maximum absolute atomic E-state index is 13.1. The second-order valence-corrected chi connectivity index (χ2v) is 7.41. The third-order valence-corrected chi connectivity index (χ3v) is 5.59. The van der Waals surface area contributed by atoms with E-state index in [0.717, 1.165) is 12.0 Å². The van der Waals surface area contributed by atoms with Crippen molar-refractivity contribution in [1.82, 2.24) is 14.9 Å². The second kappa shape index (κ2) is 6.84. The highest BCUT2D eigenvalue weighted by Crippen LogP contribution is 2.28. The minimum Gasteiger partial charge on any atom is -0.468 e. The molecule has 0 unspecified atom stereocenters. The van der Waals surface area contributed by atoms with Gasteiger partial charge in [0.2, 0.25) is 0 Å². The van der Waals surface area contributed by atoms with Crippen LogP contribution < -0.4 is 5.56 Å². The minimum atomic E-state index is -0.251. The van der Waals surface area contributed by atoms with Crippen LogP contribution in [0.4, 0.5) is 0 Å². The normalized spacial score (nSPS) is 15.7. The lowest BCUT2D eigenvalue weighted by molar-refractivity contribution is 0.0725. The van der Waals surface area contributed by atoms with Gasteiger partial charge in [-0.25, -0.2) is 4.98 Å². The number of fused-ring (bicyclic) bond motifs is 2. The number of hydrogen-bond donors (Lipinski definition) is 1. The topological polar surface area (TPSA) is 96.3 Å². The van der Waals surface area contributed by atoms with Crippen molar-refractivity contribution < 1.29 is 14.0 Å². The van der Waals surface area contributed by atoms with Crippen LogP contribution in [-0.2, 0) is 19.4 Å². The maximum atomic E-state index is 13.1. The number of furan rings is 1. The number of Topliss-reactive ketones (excluding diaryl/α,β-unsaturated/α-hetero) is 1. The minimum absolute atomic E-state index is 0.0401. The predicted octanol–water partition coefficient (Wildman–Crippen LogP) is 2.75. The molecule has 7 heteroatoms. The predicted molar refractivity (Wildman–Crippen MR) is 105 cm³/mol. The van der Waals surface area contributed by atoms with Gasteiger partial charge in [0.25, 0.3) is 11.5 Å². The first-order valence-electron chi connectivity index (χ1n) is 9.72. The lowest BCUT2D eigenvalue weighted by Gasteiger charge is -2.28. The van der Waals surface area contributed by atoms with E-state index in [1.54, 1.807) is 4.90 Å². The number of aromatic amines is 1. The fourth-order valence-corrected chi connectivity index (χ4v) is 4.10. The van der Waals surface area contributed by atoms with Crippen molar-refractivity contribution in [2.45, 2.75) is 32.2 Å². The van der Waals surface area contributed by atoms with Gasteiger partial charge in [-0.1, -0.05) is 30.3 Å². The third-order valence-electron chi connectivity index (χ3n) is 5.59. The van der Waals surface area contributed by atoms with Crippen LogP contribution in [0.2, 0.25) is 0 Å². The first-order valence-corrected chi connectivity index (χ1v) is 9.72. The molecule has 5 rings (SSSR count). The summed E-state index contributed by atoms with van der Waals surface area (Å²) in [6.07, 6.45) is 3.68. The zero-order valence-corrected chi connectivity index (χ0v) is 15.7. The largest absolute Gasteiger partial charge is 0.468 e. The highest BCUT2D eigenvalue weighted by atomic mass is 16.3. The van der Waals surface area contributed by atoms with E-state index >= 15 is 0 Å². The molecule has 1 N–H and O–H groups in total. The Labute approximate surface area is 166 Å². The highest BCUT2D eigenvalue weighted by Gasteiger charge is 2.32. The Kier molecular flexibility index (Phi) is 4.16. The number of hydrogen-bond acceptors (Lipinski definition) is 5. The van der Waals surface area contributed by atoms with E-state index in [0.29, 0.717) is 59.8 Å². The van der Waals surface area contributed by atoms with Gasteiger partial charge in [0, 0.05) is 30.5 Å². The second-order valence-electron chi connectivity index (χ2n) is 7.41. The smallest absolute Gasteiger partial charge is 0.258 e. The van der Waals surface area contributed by atoms with Crippen LogP contribution in [0.15, 0.2) is 45.8 Å². The molecule has 1 amide bonds. The molecule has 1 aliphatic heterocycles. The standard InChI is InChI=1S/C22H19N3O4/c26-17-7-4-8-18-19(17)15(12-29-18)22(28)25-10-9-14-16(11-25)23-20(24-21(14)27)13-5-2-1-3-6-13/h1-3,5-6,12H,4,7-11H2,(H,23,24,27). The number of nitrogens with zero attached hydrogens (tertiary/aromatic N) is 2. The molecule has 0 fully saturated rings. The van der Waals surface area contributed by atoms with Crippen molar-refractivity contribution in [3.05, 3.63) is 75.1 Å². The monoisotopic (exact) mass is 389 g/mol. The number of amides is 1. The van der Waals surface area contributed by atoms with Crippen LogP contribution in [0.3, 0.4) is 0 Å². The first-order chi connectivity index (χ1) is 14.1. The van der Waals surface area contributed by atoms with Gasteiger partial charge in [-0.2, -0.15) is 0 Å². The Morgan fingerprint density at radius 2 is 1.93 bits per heavy atom. The van der Waals surface area contributed by atoms with Gasteiger partial charge in [-0.05, 0) is 12.8 Å². The first kappa shape index (κ1) is 17.6. The number of nitrogens with one attached hydrogen (secondary N) is 1. The van der Waals surface area contributed by atoms with Crippen molar-refractivity contribution in [3.63, 3.8) is 0 Å². The van der Waals surface area contributed by atoms with Crippen LogP contribution in [0.1, 0.15) is 50.6 Å². The fraction of sp³-hybridized carbons (Fsp3) is 0.273. The number of aryl methyl sites for hydroxylation is 1. The van der Waals surface area contributed by atoms with Crippen LogP contribution in [0.25, 0.3) is 11.4 Å². The van der Waals surface area contributed by atoms with E-state index in [-0.39, 0.29) is 23.8 Å². The number of aromatic nitrogens is 2. The summed E-state index contributed by atoms with van der Waals surface area (Å²) in [7, 11) is 0. The van der Waals surface area contributed by atoms with Crippen LogP contribution in [0.5, 0.6) is 0 Å². The molecular formula is C22H19N3O4. The summed E-state index contributed by atoms with van der Waals surface area (Å²) in [5, 5.41) is 0. The lowest BCUT2D eigenvalue weighted by Crippen LogP contribution is -2.39. The van der Waals surface area contributed by atoms with Gasteiger partial charge in [0.15, 0.2) is 5.78 Å². The molecular weight excluding hydrogens is 370 g/mol. The molecule has 2 aromatic heterocycles. The third kappa shape index (κ3) is 2.99. The summed E-state index contributed by atoms with van der Waals surface area (Å²) in [6, 6.07) is 9.40. The van der Waals surface area contributed by atoms with Crippen molar-refractivity contribution in [2.75, 3.05) is 6.54 Å². The molecule has 1 aliphatic carbocycles. The highest BCUT2D eigenvalue weighted by molar-refractivity contribution is 6.09. The van der Waals surface area contributed by atoms with E-state index in [4.69, 9.17) is 4.42 Å². The van der Waals surface area contributed by atoms with Crippen LogP contribution in [0, 0.1) is 0 Å². The molecule has 0 atom stereocenters. The summed E-state index contributed by atoms with van der Waals surface area (Å²) >= 11 is 0. The van der Waals surface area contributed by atoms with Crippen molar-refractivity contribution >= 4 is 11.7 Å². The SMILES string of the molecule is O=C1CCCc2occ(C(=O)N3CCc4c(nc(-c5ccccc5)[nH]c4=O)C3)c21. The van der Waals surface area contributed by atoms with E-state index in [1.165, 1.54) is 6.26 Å². The Morgan fingerprint density at radius 1 is 1.10 bits per heavy atom. The Hall–Kier alpha value is -3.48. The molecule has 1 aromatic carbocycles.